The predicted octanol–water partition coefficient (Wildman–Crippen LogP) is 3.46. The normalized spacial score (nSPS) is 16.6. The Bertz CT molecular complexity index is 257. The minimum Gasteiger partial charge on any atom is -0.273 e. The standard InChI is InChI=1S/C12H22N2OS2/c1-16-12(17-2)14-13-11(15)9-8-10-6-4-3-5-7-10/h10H,3-9H2,1-2H3,(H,13,15). The second-order valence-electron chi connectivity index (χ2n) is 4.36. The molecular formula is C12H22N2OS2. The number of thioether (sulfide) groups is 2. The van der Waals surface area contributed by atoms with E-state index in [9.17, 15) is 4.79 Å². The van der Waals surface area contributed by atoms with E-state index < -0.39 is 0 Å². The smallest absolute Gasteiger partial charge is 0.240 e. The van der Waals surface area contributed by atoms with Gasteiger partial charge in [-0.15, -0.1) is 23.5 Å². The van der Waals surface area contributed by atoms with Gasteiger partial charge < -0.3 is 0 Å². The molecule has 0 unspecified atom stereocenters. The van der Waals surface area contributed by atoms with Crippen molar-refractivity contribution in [1.82, 2.24) is 5.43 Å². The fourth-order valence-electron chi connectivity index (χ4n) is 2.15. The van der Waals surface area contributed by atoms with Gasteiger partial charge in [0.05, 0.1) is 0 Å². The van der Waals surface area contributed by atoms with Crippen molar-refractivity contribution < 1.29 is 4.79 Å². The second-order valence-corrected chi connectivity index (χ2v) is 6.21. The molecule has 0 saturated heterocycles. The van der Waals surface area contributed by atoms with Crippen molar-refractivity contribution >= 4 is 33.8 Å². The molecule has 98 valence electrons. The second kappa shape index (κ2) is 8.86. The zero-order valence-electron chi connectivity index (χ0n) is 10.7. The van der Waals surface area contributed by atoms with Gasteiger partial charge in [0.15, 0.2) is 0 Å². The first-order valence-corrected chi connectivity index (χ1v) is 8.65. The van der Waals surface area contributed by atoms with E-state index in [0.29, 0.717) is 6.42 Å². The van der Waals surface area contributed by atoms with Crippen molar-refractivity contribution in [3.8, 4) is 0 Å². The van der Waals surface area contributed by atoms with Crippen molar-refractivity contribution in [2.75, 3.05) is 12.5 Å². The van der Waals surface area contributed by atoms with Gasteiger partial charge in [-0.05, 0) is 24.9 Å². The maximum absolute atomic E-state index is 11.6. The fraction of sp³-hybridized carbons (Fsp3) is 0.833. The van der Waals surface area contributed by atoms with Gasteiger partial charge in [0.25, 0.3) is 0 Å². The number of nitrogens with one attached hydrogen (secondary N) is 1. The van der Waals surface area contributed by atoms with E-state index in [-0.39, 0.29) is 5.91 Å². The number of nitrogens with zero attached hydrogens (tertiary/aromatic N) is 1. The lowest BCUT2D eigenvalue weighted by Crippen LogP contribution is -2.19. The molecule has 0 aromatic carbocycles. The van der Waals surface area contributed by atoms with Gasteiger partial charge in [-0.1, -0.05) is 32.1 Å². The average Bonchev–Trinajstić information content (AvgIpc) is 2.39. The summed E-state index contributed by atoms with van der Waals surface area (Å²) in [7, 11) is 0. The Morgan fingerprint density at radius 3 is 2.47 bits per heavy atom. The highest BCUT2D eigenvalue weighted by atomic mass is 32.2. The molecule has 5 heteroatoms. The number of carbonyl (C=O) groups excluding carboxylic acids is 1. The van der Waals surface area contributed by atoms with Crippen LogP contribution in [0, 0.1) is 5.92 Å². The molecule has 0 aromatic heterocycles. The lowest BCUT2D eigenvalue weighted by Gasteiger charge is -2.20. The summed E-state index contributed by atoms with van der Waals surface area (Å²) in [5.74, 6) is 0.815. The van der Waals surface area contributed by atoms with Crippen LogP contribution in [0.4, 0.5) is 0 Å². The third kappa shape index (κ3) is 6.36. The maximum atomic E-state index is 11.6. The average molecular weight is 274 g/mol. The van der Waals surface area contributed by atoms with Crippen LogP contribution in [-0.4, -0.2) is 22.8 Å². The molecule has 0 radical (unpaired) electrons. The molecule has 1 aliphatic rings. The van der Waals surface area contributed by atoms with E-state index in [4.69, 9.17) is 0 Å². The van der Waals surface area contributed by atoms with E-state index in [2.05, 4.69) is 10.5 Å². The third-order valence-corrected chi connectivity index (χ3v) is 5.01. The predicted molar refractivity (Wildman–Crippen MR) is 78.4 cm³/mol. The number of carbonyl (C=O) groups is 1. The van der Waals surface area contributed by atoms with Crippen LogP contribution in [-0.2, 0) is 4.79 Å². The summed E-state index contributed by atoms with van der Waals surface area (Å²) >= 11 is 3.11. The van der Waals surface area contributed by atoms with Crippen LogP contribution in [0.25, 0.3) is 0 Å². The Kier molecular flexibility index (Phi) is 7.77. The van der Waals surface area contributed by atoms with Crippen molar-refractivity contribution in [3.63, 3.8) is 0 Å². The molecule has 0 aromatic rings. The molecule has 1 fully saturated rings. The van der Waals surface area contributed by atoms with Crippen LogP contribution in [0.1, 0.15) is 44.9 Å². The minimum atomic E-state index is 0.0520. The van der Waals surface area contributed by atoms with E-state index >= 15 is 0 Å². The summed E-state index contributed by atoms with van der Waals surface area (Å²) < 4.78 is 0.899. The molecule has 0 spiro atoms. The van der Waals surface area contributed by atoms with E-state index in [1.54, 1.807) is 23.5 Å². The van der Waals surface area contributed by atoms with E-state index in [1.807, 2.05) is 12.5 Å². The lowest BCUT2D eigenvalue weighted by molar-refractivity contribution is -0.121. The Labute approximate surface area is 113 Å². The molecule has 0 atom stereocenters. The zero-order chi connectivity index (χ0) is 12.5. The van der Waals surface area contributed by atoms with Gasteiger partial charge in [-0.3, -0.25) is 4.79 Å². The molecule has 0 bridgehead atoms. The molecule has 17 heavy (non-hydrogen) atoms. The molecule has 1 N–H and O–H groups in total. The van der Waals surface area contributed by atoms with Gasteiger partial charge in [-0.25, -0.2) is 5.43 Å². The highest BCUT2D eigenvalue weighted by molar-refractivity contribution is 8.38. The molecular weight excluding hydrogens is 252 g/mol. The summed E-state index contributed by atoms with van der Waals surface area (Å²) in [5.41, 5.74) is 2.63. The van der Waals surface area contributed by atoms with Crippen LogP contribution < -0.4 is 5.43 Å². The Hall–Kier alpha value is -0.160. The van der Waals surface area contributed by atoms with E-state index in [0.717, 1.165) is 16.7 Å². The highest BCUT2D eigenvalue weighted by Crippen LogP contribution is 2.27. The van der Waals surface area contributed by atoms with Gasteiger partial charge in [0.1, 0.15) is 4.38 Å². The maximum Gasteiger partial charge on any atom is 0.240 e. The first kappa shape index (κ1) is 14.9. The molecule has 3 nitrogen and oxygen atoms in total. The number of rotatable bonds is 4. The first-order valence-electron chi connectivity index (χ1n) is 6.20. The Morgan fingerprint density at radius 2 is 1.88 bits per heavy atom. The topological polar surface area (TPSA) is 41.5 Å². The van der Waals surface area contributed by atoms with Crippen LogP contribution >= 0.6 is 23.5 Å². The molecule has 1 aliphatic carbocycles. The summed E-state index contributed by atoms with van der Waals surface area (Å²) in [5, 5.41) is 4.07. The summed E-state index contributed by atoms with van der Waals surface area (Å²) in [4.78, 5) is 11.6. The fourth-order valence-corrected chi connectivity index (χ4v) is 3.09. The number of hydrogen-bond donors (Lipinski definition) is 1. The summed E-state index contributed by atoms with van der Waals surface area (Å²) in [6.07, 6.45) is 12.2. The molecule has 1 saturated carbocycles. The SMILES string of the molecule is CSC(=NNC(=O)CCC1CCCCC1)SC. The minimum absolute atomic E-state index is 0.0520. The number of hydrogen-bond acceptors (Lipinski definition) is 4. The first-order chi connectivity index (χ1) is 8.26. The molecule has 1 amide bonds. The molecule has 0 heterocycles. The van der Waals surface area contributed by atoms with Gasteiger partial charge in [0, 0.05) is 6.42 Å². The van der Waals surface area contributed by atoms with Gasteiger partial charge in [0.2, 0.25) is 5.91 Å². The highest BCUT2D eigenvalue weighted by Gasteiger charge is 2.14. The quantitative estimate of drug-likeness (QED) is 0.485. The number of hydrazone groups is 1. The lowest BCUT2D eigenvalue weighted by atomic mass is 9.86. The van der Waals surface area contributed by atoms with Gasteiger partial charge in [-0.2, -0.15) is 5.10 Å². The van der Waals surface area contributed by atoms with Crippen LogP contribution in [0.15, 0.2) is 5.10 Å². The zero-order valence-corrected chi connectivity index (χ0v) is 12.3. The van der Waals surface area contributed by atoms with Gasteiger partial charge >= 0.3 is 0 Å². The van der Waals surface area contributed by atoms with Crippen LogP contribution in [0.3, 0.4) is 0 Å². The van der Waals surface area contributed by atoms with Crippen molar-refractivity contribution in [3.05, 3.63) is 0 Å². The van der Waals surface area contributed by atoms with Crippen molar-refractivity contribution in [1.29, 1.82) is 0 Å². The van der Waals surface area contributed by atoms with Crippen molar-refractivity contribution in [2.45, 2.75) is 44.9 Å². The molecule has 1 rings (SSSR count). The van der Waals surface area contributed by atoms with Crippen LogP contribution in [0.5, 0.6) is 0 Å². The Morgan fingerprint density at radius 1 is 1.24 bits per heavy atom. The largest absolute Gasteiger partial charge is 0.273 e. The Balaban J connectivity index is 2.18. The van der Waals surface area contributed by atoms with E-state index in [1.165, 1.54) is 32.1 Å². The number of amides is 1. The van der Waals surface area contributed by atoms with Crippen molar-refractivity contribution in [2.24, 2.45) is 11.0 Å². The monoisotopic (exact) mass is 274 g/mol. The third-order valence-electron chi connectivity index (χ3n) is 3.13. The molecule has 0 aliphatic heterocycles. The van der Waals surface area contributed by atoms with Crippen LogP contribution in [0.2, 0.25) is 0 Å². The summed E-state index contributed by atoms with van der Waals surface area (Å²) in [6.45, 7) is 0. The summed E-state index contributed by atoms with van der Waals surface area (Å²) in [6, 6.07) is 0.